The Morgan fingerprint density at radius 3 is 2.56 bits per heavy atom. The van der Waals surface area contributed by atoms with Gasteiger partial charge in [-0.05, 0) is 29.0 Å². The summed E-state index contributed by atoms with van der Waals surface area (Å²) in [6, 6.07) is 11.3. The van der Waals surface area contributed by atoms with Gasteiger partial charge in [0.2, 0.25) is 0 Å². The molecule has 18 heavy (non-hydrogen) atoms. The van der Waals surface area contributed by atoms with Crippen LogP contribution in [0.15, 0.2) is 36.4 Å². The minimum absolute atomic E-state index is 0.0322. The van der Waals surface area contributed by atoms with Gasteiger partial charge in [-0.1, -0.05) is 25.1 Å². The van der Waals surface area contributed by atoms with Crippen molar-refractivity contribution in [2.24, 2.45) is 5.92 Å². The zero-order valence-corrected chi connectivity index (χ0v) is 10.5. The molecule has 0 radical (unpaired) electrons. The van der Waals surface area contributed by atoms with Crippen LogP contribution in [0.2, 0.25) is 0 Å². The molecule has 94 valence electrons. The number of ketones is 1. The highest BCUT2D eigenvalue weighted by molar-refractivity contribution is 6.01. The molecule has 3 heteroatoms. The van der Waals surface area contributed by atoms with E-state index in [1.165, 1.54) is 0 Å². The summed E-state index contributed by atoms with van der Waals surface area (Å²) in [6.07, 6.45) is 0. The Labute approximate surface area is 106 Å². The highest BCUT2D eigenvalue weighted by Gasteiger charge is 2.14. The van der Waals surface area contributed by atoms with Gasteiger partial charge >= 0.3 is 0 Å². The van der Waals surface area contributed by atoms with Gasteiger partial charge in [-0.2, -0.15) is 0 Å². The molecule has 0 bridgehead atoms. The number of hydrogen-bond donors (Lipinski definition) is 1. The number of rotatable bonds is 4. The molecule has 0 aliphatic carbocycles. The highest BCUT2D eigenvalue weighted by atomic mass is 16.5. The number of methoxy groups -OCH3 is 1. The Kier molecular flexibility index (Phi) is 3.63. The molecule has 0 unspecified atom stereocenters. The van der Waals surface area contributed by atoms with E-state index >= 15 is 0 Å². The predicted molar refractivity (Wildman–Crippen MR) is 71.1 cm³/mol. The van der Waals surface area contributed by atoms with E-state index in [1.807, 2.05) is 30.3 Å². The summed E-state index contributed by atoms with van der Waals surface area (Å²) in [5, 5.41) is 11.0. The van der Waals surface area contributed by atoms with E-state index in [4.69, 9.17) is 9.84 Å². The maximum absolute atomic E-state index is 12.0. The number of ether oxygens (including phenoxy) is 1. The van der Waals surface area contributed by atoms with Crippen LogP contribution in [0.1, 0.15) is 17.3 Å². The maximum Gasteiger partial charge on any atom is 0.167 e. The van der Waals surface area contributed by atoms with Gasteiger partial charge in [-0.3, -0.25) is 4.79 Å². The second-order valence-corrected chi connectivity index (χ2v) is 4.38. The quantitative estimate of drug-likeness (QED) is 0.841. The average Bonchev–Trinajstić information content (AvgIpc) is 2.44. The maximum atomic E-state index is 12.0. The van der Waals surface area contributed by atoms with Crippen molar-refractivity contribution in [1.82, 2.24) is 0 Å². The highest BCUT2D eigenvalue weighted by Crippen LogP contribution is 2.22. The second kappa shape index (κ2) is 5.19. The van der Waals surface area contributed by atoms with Crippen molar-refractivity contribution in [3.63, 3.8) is 0 Å². The van der Waals surface area contributed by atoms with Crippen LogP contribution in [0.5, 0.6) is 5.75 Å². The van der Waals surface area contributed by atoms with Crippen LogP contribution in [0, 0.1) is 5.92 Å². The van der Waals surface area contributed by atoms with Crippen molar-refractivity contribution in [2.45, 2.75) is 6.92 Å². The number of carbonyl (C=O) groups excluding carboxylic acids is 1. The Morgan fingerprint density at radius 1 is 1.22 bits per heavy atom. The first-order chi connectivity index (χ1) is 8.65. The molecule has 0 aliphatic heterocycles. The van der Waals surface area contributed by atoms with Crippen LogP contribution in [-0.4, -0.2) is 24.6 Å². The number of benzene rings is 2. The standard InChI is InChI=1S/C15H16O3/c1-10(9-16)15(17)13-4-3-12-8-14(18-2)6-5-11(12)7-13/h3-8,10,16H,9H2,1-2H3/t10-/m1/s1. The summed E-state index contributed by atoms with van der Waals surface area (Å²) >= 11 is 0. The zero-order valence-electron chi connectivity index (χ0n) is 10.5. The van der Waals surface area contributed by atoms with Crippen LogP contribution < -0.4 is 4.74 Å². The monoisotopic (exact) mass is 244 g/mol. The number of aliphatic hydroxyl groups is 1. The molecule has 2 rings (SSSR count). The van der Waals surface area contributed by atoms with Gasteiger partial charge in [0.05, 0.1) is 13.7 Å². The lowest BCUT2D eigenvalue weighted by Gasteiger charge is -2.08. The molecule has 0 saturated carbocycles. The van der Waals surface area contributed by atoms with Crippen LogP contribution in [-0.2, 0) is 0 Å². The summed E-state index contributed by atoms with van der Waals surface area (Å²) < 4.78 is 5.16. The van der Waals surface area contributed by atoms with Crippen molar-refractivity contribution in [3.05, 3.63) is 42.0 Å². The fraction of sp³-hybridized carbons (Fsp3) is 0.267. The Morgan fingerprint density at radius 2 is 1.89 bits per heavy atom. The molecule has 0 aromatic heterocycles. The number of aliphatic hydroxyl groups excluding tert-OH is 1. The summed E-state index contributed by atoms with van der Waals surface area (Å²) in [5.74, 6) is 0.404. The minimum Gasteiger partial charge on any atom is -0.497 e. The molecule has 1 N–H and O–H groups in total. The first kappa shape index (κ1) is 12.6. The number of hydrogen-bond acceptors (Lipinski definition) is 3. The lowest BCUT2D eigenvalue weighted by molar-refractivity contribution is 0.0878. The minimum atomic E-state index is -0.360. The fourth-order valence-corrected chi connectivity index (χ4v) is 1.87. The largest absolute Gasteiger partial charge is 0.497 e. The van der Waals surface area contributed by atoms with Crippen molar-refractivity contribution in [3.8, 4) is 5.75 Å². The van der Waals surface area contributed by atoms with Crippen LogP contribution in [0.4, 0.5) is 0 Å². The smallest absolute Gasteiger partial charge is 0.167 e. The van der Waals surface area contributed by atoms with E-state index in [0.717, 1.165) is 16.5 Å². The van der Waals surface area contributed by atoms with Gasteiger partial charge in [0, 0.05) is 11.5 Å². The van der Waals surface area contributed by atoms with Gasteiger partial charge < -0.3 is 9.84 Å². The fourth-order valence-electron chi connectivity index (χ4n) is 1.87. The Balaban J connectivity index is 2.42. The number of Topliss-reactive ketones (excluding diaryl/α,β-unsaturated/α-hetero) is 1. The van der Waals surface area contributed by atoms with E-state index in [-0.39, 0.29) is 18.3 Å². The molecule has 0 amide bonds. The number of carbonyl (C=O) groups is 1. The third-order valence-corrected chi connectivity index (χ3v) is 3.05. The zero-order chi connectivity index (χ0) is 13.1. The molecule has 3 nitrogen and oxygen atoms in total. The molecular weight excluding hydrogens is 228 g/mol. The Hall–Kier alpha value is -1.87. The SMILES string of the molecule is COc1ccc2cc(C(=O)[C@H](C)CO)ccc2c1. The molecule has 0 fully saturated rings. The predicted octanol–water partition coefficient (Wildman–Crippen LogP) is 2.66. The van der Waals surface area contributed by atoms with Crippen molar-refractivity contribution >= 4 is 16.6 Å². The first-order valence-corrected chi connectivity index (χ1v) is 5.88. The summed E-state index contributed by atoms with van der Waals surface area (Å²) in [4.78, 5) is 12.0. The molecule has 0 aliphatic rings. The van der Waals surface area contributed by atoms with Crippen LogP contribution in [0.25, 0.3) is 10.8 Å². The lowest BCUT2D eigenvalue weighted by atomic mass is 9.97. The van der Waals surface area contributed by atoms with Gasteiger partial charge in [0.25, 0.3) is 0 Å². The number of fused-ring (bicyclic) bond motifs is 1. The van der Waals surface area contributed by atoms with Crippen LogP contribution >= 0.6 is 0 Å². The third kappa shape index (κ3) is 2.36. The molecule has 2 aromatic rings. The normalized spacial score (nSPS) is 12.4. The third-order valence-electron chi connectivity index (χ3n) is 3.05. The molecule has 2 aromatic carbocycles. The summed E-state index contributed by atoms with van der Waals surface area (Å²) in [6.45, 7) is 1.60. The molecule has 1 atom stereocenters. The van der Waals surface area contributed by atoms with Gasteiger partial charge in [0.15, 0.2) is 5.78 Å². The van der Waals surface area contributed by atoms with Crippen molar-refractivity contribution in [1.29, 1.82) is 0 Å². The van der Waals surface area contributed by atoms with Crippen molar-refractivity contribution < 1.29 is 14.6 Å². The van der Waals surface area contributed by atoms with E-state index in [0.29, 0.717) is 5.56 Å². The van der Waals surface area contributed by atoms with Gasteiger partial charge in [-0.25, -0.2) is 0 Å². The molecule has 0 saturated heterocycles. The average molecular weight is 244 g/mol. The van der Waals surface area contributed by atoms with E-state index in [9.17, 15) is 4.79 Å². The summed E-state index contributed by atoms with van der Waals surface area (Å²) in [5.41, 5.74) is 0.634. The molecular formula is C15H16O3. The van der Waals surface area contributed by atoms with E-state index < -0.39 is 0 Å². The molecule has 0 spiro atoms. The van der Waals surface area contributed by atoms with Crippen molar-refractivity contribution in [2.75, 3.05) is 13.7 Å². The topological polar surface area (TPSA) is 46.5 Å². The summed E-state index contributed by atoms with van der Waals surface area (Å²) in [7, 11) is 1.63. The lowest BCUT2D eigenvalue weighted by Crippen LogP contribution is -2.14. The van der Waals surface area contributed by atoms with Crippen LogP contribution in [0.3, 0.4) is 0 Å². The van der Waals surface area contributed by atoms with E-state index in [1.54, 1.807) is 20.1 Å². The first-order valence-electron chi connectivity index (χ1n) is 5.88. The van der Waals surface area contributed by atoms with Gasteiger partial charge in [0.1, 0.15) is 5.75 Å². The van der Waals surface area contributed by atoms with E-state index in [2.05, 4.69) is 0 Å². The second-order valence-electron chi connectivity index (χ2n) is 4.38. The Bertz CT molecular complexity index is 575. The van der Waals surface area contributed by atoms with Gasteiger partial charge in [-0.15, -0.1) is 0 Å². The molecule has 0 heterocycles.